The number of pyridine rings is 1. The van der Waals surface area contributed by atoms with E-state index in [4.69, 9.17) is 4.74 Å². The SMILES string of the molecule is COc1c(Nc2nc(NC(=O)C3CC3)nc3scnc23)cccc1-c1ccc2c(c1)C1(CC1)CN(Cc1cccc(C(=O)N(C)C)n1)C2=O. The number of hydrogen-bond donors (Lipinski definition) is 2. The Morgan fingerprint density at radius 1 is 1.04 bits per heavy atom. The summed E-state index contributed by atoms with van der Waals surface area (Å²) in [6, 6.07) is 17.2. The lowest BCUT2D eigenvalue weighted by Gasteiger charge is -2.35. The van der Waals surface area contributed by atoms with Crippen LogP contribution in [0.15, 0.2) is 60.1 Å². The number of benzene rings is 2. The quantitative estimate of drug-likeness (QED) is 0.203. The van der Waals surface area contributed by atoms with Crippen molar-refractivity contribution in [3.8, 4) is 16.9 Å². The van der Waals surface area contributed by atoms with Gasteiger partial charge in [-0.25, -0.2) is 9.97 Å². The molecule has 2 aromatic carbocycles. The van der Waals surface area contributed by atoms with Crippen LogP contribution in [0.4, 0.5) is 17.5 Å². The molecule has 8 rings (SSSR count). The summed E-state index contributed by atoms with van der Waals surface area (Å²) in [5.74, 6) is 1.04. The molecule has 2 N–H and O–H groups in total. The topological polar surface area (TPSA) is 143 Å². The van der Waals surface area contributed by atoms with Crippen molar-refractivity contribution < 1.29 is 19.1 Å². The zero-order valence-corrected chi connectivity index (χ0v) is 28.1. The number of amides is 3. The first-order valence-electron chi connectivity index (χ1n) is 16.2. The third-order valence-electron chi connectivity index (χ3n) is 9.41. The molecule has 0 atom stereocenters. The molecule has 0 unspecified atom stereocenters. The Morgan fingerprint density at radius 2 is 1.86 bits per heavy atom. The van der Waals surface area contributed by atoms with Crippen molar-refractivity contribution in [3.63, 3.8) is 0 Å². The molecule has 2 saturated carbocycles. The number of carbonyl (C=O) groups is 3. The number of thiazole rings is 1. The molecule has 3 aliphatic rings. The molecular formula is C36H34N8O4S. The van der Waals surface area contributed by atoms with Gasteiger partial charge in [0.25, 0.3) is 11.8 Å². The molecule has 248 valence electrons. The third-order valence-corrected chi connectivity index (χ3v) is 10.1. The number of anilines is 3. The minimum atomic E-state index is -0.173. The van der Waals surface area contributed by atoms with Crippen LogP contribution >= 0.6 is 11.3 Å². The lowest BCUT2D eigenvalue weighted by molar-refractivity contribution is -0.117. The predicted molar refractivity (Wildman–Crippen MR) is 186 cm³/mol. The number of fused-ring (bicyclic) bond motifs is 3. The van der Waals surface area contributed by atoms with E-state index in [9.17, 15) is 14.4 Å². The second-order valence-electron chi connectivity index (χ2n) is 13.1. The van der Waals surface area contributed by atoms with Crippen LogP contribution in [0.3, 0.4) is 0 Å². The standard InChI is InChI=1S/C36H34N8O4S/c1-43(2)34(47)27-9-4-6-22(38-27)17-44-18-36(14-15-36)25-16-21(12-13-24(25)33(44)46)23-7-5-8-26(29(23)48-3)39-30-28-32(49-19-37-28)42-35(40-30)41-31(45)20-10-11-20/h4-9,12-13,16,19-20H,10-11,14-15,17-18H2,1-3H3,(H2,39,40,41,42,45). The summed E-state index contributed by atoms with van der Waals surface area (Å²) in [5.41, 5.74) is 7.42. The molecule has 2 fully saturated rings. The second-order valence-corrected chi connectivity index (χ2v) is 13.9. The van der Waals surface area contributed by atoms with Crippen LogP contribution in [0.1, 0.15) is 57.8 Å². The maximum atomic E-state index is 13.9. The molecular weight excluding hydrogens is 641 g/mol. The normalized spacial score (nSPS) is 16.0. The van der Waals surface area contributed by atoms with E-state index in [0.29, 0.717) is 57.6 Å². The molecule has 2 aliphatic carbocycles. The first-order chi connectivity index (χ1) is 23.7. The summed E-state index contributed by atoms with van der Waals surface area (Å²) in [6.45, 7) is 0.921. The average Bonchev–Trinajstić information content (AvgIpc) is 4.04. The fourth-order valence-electron chi connectivity index (χ4n) is 6.52. The lowest BCUT2D eigenvalue weighted by atomic mass is 9.84. The highest BCUT2D eigenvalue weighted by molar-refractivity contribution is 7.16. The van der Waals surface area contributed by atoms with Crippen LogP contribution in [-0.2, 0) is 16.8 Å². The van der Waals surface area contributed by atoms with E-state index in [1.54, 1.807) is 32.8 Å². The number of nitrogens with zero attached hydrogens (tertiary/aromatic N) is 6. The van der Waals surface area contributed by atoms with E-state index >= 15 is 0 Å². The zero-order chi connectivity index (χ0) is 33.9. The number of methoxy groups -OCH3 is 1. The smallest absolute Gasteiger partial charge is 0.271 e. The molecule has 12 nitrogen and oxygen atoms in total. The van der Waals surface area contributed by atoms with E-state index in [0.717, 1.165) is 42.4 Å². The van der Waals surface area contributed by atoms with Crippen LogP contribution in [0.2, 0.25) is 0 Å². The van der Waals surface area contributed by atoms with Gasteiger partial charge in [-0.05, 0) is 67.1 Å². The van der Waals surface area contributed by atoms with Gasteiger partial charge in [-0.2, -0.15) is 9.97 Å². The fraction of sp³-hybridized carbons (Fsp3) is 0.306. The maximum Gasteiger partial charge on any atom is 0.271 e. The number of nitrogens with one attached hydrogen (secondary N) is 2. The van der Waals surface area contributed by atoms with Gasteiger partial charge >= 0.3 is 0 Å². The van der Waals surface area contributed by atoms with Gasteiger partial charge in [0.15, 0.2) is 10.6 Å². The Morgan fingerprint density at radius 3 is 2.61 bits per heavy atom. The van der Waals surface area contributed by atoms with Crippen molar-refractivity contribution in [1.82, 2.24) is 29.7 Å². The maximum absolute atomic E-state index is 13.9. The number of rotatable bonds is 9. The lowest BCUT2D eigenvalue weighted by Crippen LogP contribution is -2.43. The predicted octanol–water partition coefficient (Wildman–Crippen LogP) is 5.64. The van der Waals surface area contributed by atoms with Crippen molar-refractivity contribution in [2.45, 2.75) is 37.6 Å². The van der Waals surface area contributed by atoms with Gasteiger partial charge in [-0.15, -0.1) is 11.3 Å². The van der Waals surface area contributed by atoms with Crippen molar-refractivity contribution in [3.05, 3.63) is 82.6 Å². The van der Waals surface area contributed by atoms with Crippen molar-refractivity contribution in [2.24, 2.45) is 5.92 Å². The van der Waals surface area contributed by atoms with E-state index in [1.165, 1.54) is 16.2 Å². The Kier molecular flexibility index (Phi) is 7.51. The van der Waals surface area contributed by atoms with Gasteiger partial charge in [0.05, 0.1) is 30.5 Å². The highest BCUT2D eigenvalue weighted by Gasteiger charge is 2.51. The first-order valence-corrected chi connectivity index (χ1v) is 17.1. The van der Waals surface area contributed by atoms with Crippen LogP contribution < -0.4 is 15.4 Å². The van der Waals surface area contributed by atoms with Gasteiger partial charge in [0.2, 0.25) is 11.9 Å². The van der Waals surface area contributed by atoms with E-state index in [1.807, 2.05) is 47.4 Å². The zero-order valence-electron chi connectivity index (χ0n) is 27.3. The summed E-state index contributed by atoms with van der Waals surface area (Å²) < 4.78 is 5.99. The summed E-state index contributed by atoms with van der Waals surface area (Å²) in [7, 11) is 5.02. The highest BCUT2D eigenvalue weighted by atomic mass is 32.1. The van der Waals surface area contributed by atoms with E-state index < -0.39 is 0 Å². The largest absolute Gasteiger partial charge is 0.494 e. The van der Waals surface area contributed by atoms with Gasteiger partial charge in [0.1, 0.15) is 17.0 Å². The van der Waals surface area contributed by atoms with Crippen molar-refractivity contribution in [2.75, 3.05) is 38.4 Å². The van der Waals surface area contributed by atoms with Gasteiger partial charge in [0, 0.05) is 43.1 Å². The highest BCUT2D eigenvalue weighted by Crippen LogP contribution is 2.53. The number of hydrogen-bond acceptors (Lipinski definition) is 10. The summed E-state index contributed by atoms with van der Waals surface area (Å²) in [6.07, 6.45) is 3.73. The van der Waals surface area contributed by atoms with Crippen molar-refractivity contribution >= 4 is 56.9 Å². The van der Waals surface area contributed by atoms with E-state index in [2.05, 4.69) is 36.6 Å². The molecule has 0 saturated heterocycles. The molecule has 5 aromatic rings. The third kappa shape index (κ3) is 5.73. The Labute approximate surface area is 286 Å². The summed E-state index contributed by atoms with van der Waals surface area (Å²) >= 11 is 1.37. The molecule has 3 amide bonds. The molecule has 4 heterocycles. The van der Waals surface area contributed by atoms with Crippen LogP contribution in [0.5, 0.6) is 5.75 Å². The Hall–Kier alpha value is -5.43. The van der Waals surface area contributed by atoms with E-state index in [-0.39, 0.29) is 35.0 Å². The first kappa shape index (κ1) is 30.9. The van der Waals surface area contributed by atoms with Gasteiger partial charge in [-0.1, -0.05) is 24.3 Å². The molecule has 3 aromatic heterocycles. The summed E-state index contributed by atoms with van der Waals surface area (Å²) in [4.78, 5) is 61.0. The molecule has 0 bridgehead atoms. The number of carbonyl (C=O) groups excluding carboxylic acids is 3. The Bertz CT molecular complexity index is 2160. The molecule has 13 heteroatoms. The Balaban J connectivity index is 1.09. The minimum Gasteiger partial charge on any atom is -0.494 e. The number of para-hydroxylation sites is 1. The minimum absolute atomic E-state index is 0.0211. The number of aromatic nitrogens is 4. The van der Waals surface area contributed by atoms with Crippen molar-refractivity contribution in [1.29, 1.82) is 0 Å². The van der Waals surface area contributed by atoms with Crippen LogP contribution in [-0.4, -0.2) is 75.2 Å². The van der Waals surface area contributed by atoms with Crippen LogP contribution in [0, 0.1) is 5.92 Å². The molecule has 0 radical (unpaired) electrons. The average molecular weight is 675 g/mol. The monoisotopic (exact) mass is 674 g/mol. The van der Waals surface area contributed by atoms with Gasteiger partial charge < -0.3 is 19.9 Å². The van der Waals surface area contributed by atoms with Gasteiger partial charge in [-0.3, -0.25) is 19.7 Å². The fourth-order valence-corrected chi connectivity index (χ4v) is 7.18. The van der Waals surface area contributed by atoms with Crippen LogP contribution in [0.25, 0.3) is 21.5 Å². The second kappa shape index (κ2) is 11.9. The molecule has 1 spiro atoms. The number of ether oxygens (including phenoxy) is 1. The molecule has 1 aliphatic heterocycles. The molecule has 49 heavy (non-hydrogen) atoms. The summed E-state index contributed by atoms with van der Waals surface area (Å²) in [5, 5.41) is 6.24.